The van der Waals surface area contributed by atoms with Crippen molar-refractivity contribution in [2.75, 3.05) is 6.54 Å². The van der Waals surface area contributed by atoms with Crippen molar-refractivity contribution in [1.29, 1.82) is 0 Å². The zero-order chi connectivity index (χ0) is 13.1. The van der Waals surface area contributed by atoms with Gasteiger partial charge in [-0.1, -0.05) is 43.7 Å². The molecule has 4 nitrogen and oxygen atoms in total. The molecule has 0 atom stereocenters. The van der Waals surface area contributed by atoms with E-state index in [2.05, 4.69) is 5.16 Å². The van der Waals surface area contributed by atoms with E-state index in [-0.39, 0.29) is 5.41 Å². The average Bonchev–Trinajstić information content (AvgIpc) is 3.03. The summed E-state index contributed by atoms with van der Waals surface area (Å²) >= 11 is 0. The second-order valence-corrected chi connectivity index (χ2v) is 6.34. The van der Waals surface area contributed by atoms with Crippen LogP contribution in [0.25, 0.3) is 0 Å². The summed E-state index contributed by atoms with van der Waals surface area (Å²) in [5.74, 6) is 2.26. The molecule has 0 spiro atoms. The molecule has 2 saturated carbocycles. The van der Waals surface area contributed by atoms with Crippen molar-refractivity contribution in [3.63, 3.8) is 0 Å². The van der Waals surface area contributed by atoms with Crippen LogP contribution in [0.2, 0.25) is 0 Å². The zero-order valence-corrected chi connectivity index (χ0v) is 11.7. The largest absolute Gasteiger partial charge is 0.339 e. The molecule has 2 fully saturated rings. The molecule has 106 valence electrons. The summed E-state index contributed by atoms with van der Waals surface area (Å²) in [4.78, 5) is 4.74. The SMILES string of the molecule is NCC1(c2nc(C3CCCCCC3)no2)CCCC1. The molecule has 3 rings (SSSR count). The standard InChI is InChI=1S/C15H25N3O/c16-11-15(9-5-6-10-15)14-17-13(18-19-14)12-7-3-1-2-4-8-12/h12H,1-11,16H2. The fourth-order valence-corrected chi connectivity index (χ4v) is 3.71. The molecule has 0 aromatic carbocycles. The van der Waals surface area contributed by atoms with Crippen molar-refractivity contribution in [2.24, 2.45) is 5.73 Å². The van der Waals surface area contributed by atoms with Gasteiger partial charge in [-0.15, -0.1) is 0 Å². The van der Waals surface area contributed by atoms with Gasteiger partial charge in [0.05, 0.1) is 5.41 Å². The molecule has 0 radical (unpaired) electrons. The van der Waals surface area contributed by atoms with Crippen molar-refractivity contribution >= 4 is 0 Å². The van der Waals surface area contributed by atoms with E-state index in [1.54, 1.807) is 0 Å². The van der Waals surface area contributed by atoms with Gasteiger partial charge in [0.25, 0.3) is 0 Å². The maximum atomic E-state index is 5.99. The Hall–Kier alpha value is -0.900. The molecular weight excluding hydrogens is 238 g/mol. The van der Waals surface area contributed by atoms with Crippen LogP contribution in [0.3, 0.4) is 0 Å². The predicted molar refractivity (Wildman–Crippen MR) is 73.9 cm³/mol. The Morgan fingerprint density at radius 1 is 1.05 bits per heavy atom. The highest BCUT2D eigenvalue weighted by Gasteiger charge is 2.40. The average molecular weight is 263 g/mol. The van der Waals surface area contributed by atoms with E-state index in [4.69, 9.17) is 15.2 Å². The lowest BCUT2D eigenvalue weighted by atomic mass is 9.86. The first-order valence-corrected chi connectivity index (χ1v) is 7.88. The van der Waals surface area contributed by atoms with Crippen LogP contribution < -0.4 is 5.73 Å². The Morgan fingerprint density at radius 3 is 2.37 bits per heavy atom. The first kappa shape index (κ1) is 13.1. The lowest BCUT2D eigenvalue weighted by molar-refractivity contribution is 0.282. The first-order chi connectivity index (χ1) is 9.34. The molecule has 2 aliphatic carbocycles. The maximum Gasteiger partial charge on any atom is 0.234 e. The normalized spacial score (nSPS) is 24.5. The van der Waals surface area contributed by atoms with Gasteiger partial charge in [-0.05, 0) is 25.7 Å². The molecule has 0 unspecified atom stereocenters. The molecule has 1 heterocycles. The van der Waals surface area contributed by atoms with Crippen molar-refractivity contribution in [3.05, 3.63) is 11.7 Å². The Kier molecular flexibility index (Phi) is 3.87. The quantitative estimate of drug-likeness (QED) is 0.850. The summed E-state index contributed by atoms with van der Waals surface area (Å²) in [7, 11) is 0. The summed E-state index contributed by atoms with van der Waals surface area (Å²) in [6.45, 7) is 0.638. The van der Waals surface area contributed by atoms with Crippen molar-refractivity contribution in [2.45, 2.75) is 75.5 Å². The molecule has 1 aromatic heterocycles. The minimum Gasteiger partial charge on any atom is -0.339 e. The van der Waals surface area contributed by atoms with Gasteiger partial charge in [0.15, 0.2) is 5.82 Å². The van der Waals surface area contributed by atoms with E-state index in [9.17, 15) is 0 Å². The van der Waals surface area contributed by atoms with Crippen LogP contribution in [-0.4, -0.2) is 16.7 Å². The molecule has 2 aliphatic rings. The highest BCUT2D eigenvalue weighted by Crippen LogP contribution is 2.40. The Labute approximate surface area is 115 Å². The van der Waals surface area contributed by atoms with Gasteiger partial charge in [-0.3, -0.25) is 0 Å². The third kappa shape index (κ3) is 2.55. The monoisotopic (exact) mass is 263 g/mol. The van der Waals surface area contributed by atoms with Crippen molar-refractivity contribution in [3.8, 4) is 0 Å². The minimum absolute atomic E-state index is 0.0179. The highest BCUT2D eigenvalue weighted by atomic mass is 16.5. The maximum absolute atomic E-state index is 5.99. The number of aromatic nitrogens is 2. The predicted octanol–water partition coefficient (Wildman–Crippen LogP) is 3.28. The van der Waals surface area contributed by atoms with Crippen molar-refractivity contribution < 1.29 is 4.52 Å². The summed E-state index contributed by atoms with van der Waals surface area (Å²) in [5, 5.41) is 4.28. The van der Waals surface area contributed by atoms with E-state index in [1.807, 2.05) is 0 Å². The van der Waals surface area contributed by atoms with Gasteiger partial charge in [0.2, 0.25) is 5.89 Å². The minimum atomic E-state index is -0.0179. The number of hydrogen-bond donors (Lipinski definition) is 1. The molecule has 0 amide bonds. The van der Waals surface area contributed by atoms with Gasteiger partial charge < -0.3 is 10.3 Å². The van der Waals surface area contributed by atoms with Crippen LogP contribution in [-0.2, 0) is 5.41 Å². The summed E-state index contributed by atoms with van der Waals surface area (Å²) < 4.78 is 5.60. The fourth-order valence-electron chi connectivity index (χ4n) is 3.71. The zero-order valence-electron chi connectivity index (χ0n) is 11.7. The van der Waals surface area contributed by atoms with Gasteiger partial charge >= 0.3 is 0 Å². The Morgan fingerprint density at radius 2 is 1.74 bits per heavy atom. The molecule has 0 saturated heterocycles. The number of nitrogens with two attached hydrogens (primary N) is 1. The van der Waals surface area contributed by atoms with Crippen LogP contribution in [0.5, 0.6) is 0 Å². The highest BCUT2D eigenvalue weighted by molar-refractivity contribution is 5.10. The second kappa shape index (κ2) is 5.61. The fraction of sp³-hybridized carbons (Fsp3) is 0.867. The molecule has 19 heavy (non-hydrogen) atoms. The van der Waals surface area contributed by atoms with Gasteiger partial charge in [-0.2, -0.15) is 4.98 Å². The molecule has 2 N–H and O–H groups in total. The van der Waals surface area contributed by atoms with E-state index in [0.717, 1.165) is 24.6 Å². The van der Waals surface area contributed by atoms with Crippen LogP contribution in [0, 0.1) is 0 Å². The lowest BCUT2D eigenvalue weighted by Crippen LogP contribution is -2.32. The Bertz CT molecular complexity index is 401. The van der Waals surface area contributed by atoms with E-state index in [0.29, 0.717) is 12.5 Å². The molecular formula is C15H25N3O. The van der Waals surface area contributed by atoms with Crippen LogP contribution >= 0.6 is 0 Å². The molecule has 0 aliphatic heterocycles. The van der Waals surface area contributed by atoms with E-state index < -0.39 is 0 Å². The van der Waals surface area contributed by atoms with Gasteiger partial charge in [0, 0.05) is 12.5 Å². The van der Waals surface area contributed by atoms with E-state index in [1.165, 1.54) is 51.4 Å². The first-order valence-electron chi connectivity index (χ1n) is 7.88. The van der Waals surface area contributed by atoms with Crippen LogP contribution in [0.1, 0.15) is 81.8 Å². The molecule has 4 heteroatoms. The second-order valence-electron chi connectivity index (χ2n) is 6.34. The number of hydrogen-bond acceptors (Lipinski definition) is 4. The summed E-state index contributed by atoms with van der Waals surface area (Å²) in [6, 6.07) is 0. The van der Waals surface area contributed by atoms with Crippen molar-refractivity contribution in [1.82, 2.24) is 10.1 Å². The Balaban J connectivity index is 1.78. The topological polar surface area (TPSA) is 64.9 Å². The smallest absolute Gasteiger partial charge is 0.234 e. The van der Waals surface area contributed by atoms with Crippen LogP contribution in [0.15, 0.2) is 4.52 Å². The van der Waals surface area contributed by atoms with Crippen LogP contribution in [0.4, 0.5) is 0 Å². The molecule has 1 aromatic rings. The number of rotatable bonds is 3. The summed E-state index contributed by atoms with van der Waals surface area (Å²) in [6.07, 6.45) is 12.4. The summed E-state index contributed by atoms with van der Waals surface area (Å²) in [5.41, 5.74) is 5.97. The number of nitrogens with zero attached hydrogens (tertiary/aromatic N) is 2. The van der Waals surface area contributed by atoms with Gasteiger partial charge in [-0.25, -0.2) is 0 Å². The third-order valence-electron chi connectivity index (χ3n) is 5.07. The van der Waals surface area contributed by atoms with E-state index >= 15 is 0 Å². The third-order valence-corrected chi connectivity index (χ3v) is 5.07. The molecule has 0 bridgehead atoms. The van der Waals surface area contributed by atoms with Gasteiger partial charge in [0.1, 0.15) is 0 Å². The lowest BCUT2D eigenvalue weighted by Gasteiger charge is -2.21.